The Balaban J connectivity index is 1.87. The van der Waals surface area contributed by atoms with Crippen LogP contribution in [-0.4, -0.2) is 30.1 Å². The van der Waals surface area contributed by atoms with Gasteiger partial charge >= 0.3 is 0 Å². The van der Waals surface area contributed by atoms with Crippen LogP contribution >= 0.6 is 0 Å². The average Bonchev–Trinajstić information content (AvgIpc) is 2.15. The molecule has 1 aliphatic carbocycles. The van der Waals surface area contributed by atoms with E-state index < -0.39 is 0 Å². The van der Waals surface area contributed by atoms with Gasteiger partial charge in [-0.3, -0.25) is 4.90 Å². The molecule has 0 aromatic carbocycles. The highest BCUT2D eigenvalue weighted by Crippen LogP contribution is 2.33. The molecular formula is C14H26N2. The first-order chi connectivity index (χ1) is 7.39. The second-order valence-corrected chi connectivity index (χ2v) is 6.68. The molecule has 0 amide bonds. The highest BCUT2D eigenvalue weighted by molar-refractivity contribution is 5.15. The molecule has 0 unspecified atom stereocenters. The number of hydrogen-bond donors (Lipinski definition) is 1. The maximum atomic E-state index is 6.29. The number of nitrogens with zero attached hydrogens (tertiary/aromatic N) is 1. The van der Waals surface area contributed by atoms with Crippen molar-refractivity contribution in [1.82, 2.24) is 4.90 Å². The van der Waals surface area contributed by atoms with E-state index in [9.17, 15) is 0 Å². The van der Waals surface area contributed by atoms with Crippen molar-refractivity contribution in [3.05, 3.63) is 11.6 Å². The molecule has 0 bridgehead atoms. The van der Waals surface area contributed by atoms with Gasteiger partial charge in [0.1, 0.15) is 0 Å². The lowest BCUT2D eigenvalue weighted by Crippen LogP contribution is -2.55. The molecule has 0 radical (unpaired) electrons. The quantitative estimate of drug-likeness (QED) is 0.728. The summed E-state index contributed by atoms with van der Waals surface area (Å²) in [4.78, 5) is 2.52. The largest absolute Gasteiger partial charge is 0.324 e. The summed E-state index contributed by atoms with van der Waals surface area (Å²) in [6.07, 6.45) is 7.41. The van der Waals surface area contributed by atoms with Crippen molar-refractivity contribution in [2.75, 3.05) is 19.6 Å². The van der Waals surface area contributed by atoms with Crippen molar-refractivity contribution < 1.29 is 0 Å². The van der Waals surface area contributed by atoms with Gasteiger partial charge in [0.05, 0.1) is 0 Å². The van der Waals surface area contributed by atoms with Crippen molar-refractivity contribution in [2.24, 2.45) is 11.1 Å². The minimum absolute atomic E-state index is 0.146. The van der Waals surface area contributed by atoms with Crippen LogP contribution in [0.15, 0.2) is 11.6 Å². The Hall–Kier alpha value is -0.340. The van der Waals surface area contributed by atoms with Gasteiger partial charge in [0.2, 0.25) is 0 Å². The van der Waals surface area contributed by atoms with E-state index in [1.54, 1.807) is 5.57 Å². The van der Waals surface area contributed by atoms with Gasteiger partial charge in [0.25, 0.3) is 0 Å². The van der Waals surface area contributed by atoms with Gasteiger partial charge < -0.3 is 5.73 Å². The summed E-state index contributed by atoms with van der Waals surface area (Å²) in [5, 5.41) is 0. The van der Waals surface area contributed by atoms with Crippen molar-refractivity contribution in [1.29, 1.82) is 0 Å². The normalized spacial score (nSPS) is 26.1. The van der Waals surface area contributed by atoms with Crippen LogP contribution in [0.3, 0.4) is 0 Å². The molecule has 2 nitrogen and oxygen atoms in total. The second kappa shape index (κ2) is 4.15. The molecule has 1 fully saturated rings. The van der Waals surface area contributed by atoms with Gasteiger partial charge in [0, 0.05) is 25.2 Å². The molecule has 1 aliphatic heterocycles. The van der Waals surface area contributed by atoms with Crippen LogP contribution in [0.5, 0.6) is 0 Å². The first-order valence-electron chi connectivity index (χ1n) is 6.60. The van der Waals surface area contributed by atoms with Crippen molar-refractivity contribution in [2.45, 2.75) is 52.0 Å². The number of nitrogens with two attached hydrogens (primary N) is 1. The summed E-state index contributed by atoms with van der Waals surface area (Å²) < 4.78 is 0. The fourth-order valence-corrected chi connectivity index (χ4v) is 2.77. The Kier molecular flexibility index (Phi) is 3.15. The Morgan fingerprint density at radius 3 is 2.44 bits per heavy atom. The average molecular weight is 222 g/mol. The van der Waals surface area contributed by atoms with E-state index in [0.717, 1.165) is 13.1 Å². The highest BCUT2D eigenvalue weighted by atomic mass is 15.1. The Morgan fingerprint density at radius 2 is 2.06 bits per heavy atom. The van der Waals surface area contributed by atoms with E-state index in [1.807, 2.05) is 0 Å². The molecule has 2 heteroatoms. The lowest BCUT2D eigenvalue weighted by atomic mass is 9.77. The molecule has 0 atom stereocenters. The molecule has 92 valence electrons. The molecule has 0 aromatic rings. The van der Waals surface area contributed by atoms with Crippen LogP contribution in [-0.2, 0) is 0 Å². The van der Waals surface area contributed by atoms with Gasteiger partial charge in [-0.25, -0.2) is 0 Å². The maximum absolute atomic E-state index is 6.29. The van der Waals surface area contributed by atoms with E-state index >= 15 is 0 Å². The van der Waals surface area contributed by atoms with E-state index in [1.165, 1.54) is 32.2 Å². The van der Waals surface area contributed by atoms with Crippen LogP contribution in [0.1, 0.15) is 46.5 Å². The Bertz CT molecular complexity index is 282. The molecule has 2 rings (SSSR count). The first-order valence-corrected chi connectivity index (χ1v) is 6.60. The summed E-state index contributed by atoms with van der Waals surface area (Å²) >= 11 is 0. The van der Waals surface area contributed by atoms with Gasteiger partial charge in [-0.05, 0) is 31.1 Å². The molecular weight excluding hydrogens is 196 g/mol. The monoisotopic (exact) mass is 222 g/mol. The number of rotatable bonds is 2. The lowest BCUT2D eigenvalue weighted by molar-refractivity contribution is 0.149. The fraction of sp³-hybridized carbons (Fsp3) is 0.857. The second-order valence-electron chi connectivity index (χ2n) is 6.68. The molecule has 0 spiro atoms. The molecule has 1 heterocycles. The third-order valence-electron chi connectivity index (χ3n) is 4.14. The summed E-state index contributed by atoms with van der Waals surface area (Å²) in [5.74, 6) is 0. The van der Waals surface area contributed by atoms with E-state index in [4.69, 9.17) is 5.73 Å². The SMILES string of the molecule is CC(C)(C)C1=CCN(CC2(N)CCC2)CC1. The summed E-state index contributed by atoms with van der Waals surface area (Å²) in [7, 11) is 0. The van der Waals surface area contributed by atoms with Gasteiger partial charge in [0.15, 0.2) is 0 Å². The molecule has 2 N–H and O–H groups in total. The van der Waals surface area contributed by atoms with Crippen molar-refractivity contribution in [3.8, 4) is 0 Å². The minimum atomic E-state index is 0.146. The van der Waals surface area contributed by atoms with Crippen LogP contribution in [0.25, 0.3) is 0 Å². The smallest absolute Gasteiger partial charge is 0.0283 e. The zero-order chi connectivity index (χ0) is 11.8. The third-order valence-corrected chi connectivity index (χ3v) is 4.14. The zero-order valence-corrected chi connectivity index (χ0v) is 11.1. The van der Waals surface area contributed by atoms with Crippen LogP contribution in [0, 0.1) is 5.41 Å². The molecule has 2 aliphatic rings. The topological polar surface area (TPSA) is 29.3 Å². The number of hydrogen-bond acceptors (Lipinski definition) is 2. The van der Waals surface area contributed by atoms with Crippen LogP contribution in [0.4, 0.5) is 0 Å². The highest BCUT2D eigenvalue weighted by Gasteiger charge is 2.34. The summed E-state index contributed by atoms with van der Waals surface area (Å²) in [5.41, 5.74) is 8.40. The van der Waals surface area contributed by atoms with Crippen LogP contribution in [0.2, 0.25) is 0 Å². The summed E-state index contributed by atoms with van der Waals surface area (Å²) in [6.45, 7) is 10.3. The maximum Gasteiger partial charge on any atom is 0.0283 e. The van der Waals surface area contributed by atoms with E-state index in [-0.39, 0.29) is 5.54 Å². The Labute approximate surface area is 99.9 Å². The van der Waals surface area contributed by atoms with Gasteiger partial charge in [-0.1, -0.05) is 32.4 Å². The first kappa shape index (κ1) is 12.1. The summed E-state index contributed by atoms with van der Waals surface area (Å²) in [6, 6.07) is 0. The Morgan fingerprint density at radius 1 is 1.38 bits per heavy atom. The van der Waals surface area contributed by atoms with Gasteiger partial charge in [-0.15, -0.1) is 0 Å². The van der Waals surface area contributed by atoms with Gasteiger partial charge in [-0.2, -0.15) is 0 Å². The predicted octanol–water partition coefficient (Wildman–Crippen LogP) is 2.55. The van der Waals surface area contributed by atoms with Crippen LogP contribution < -0.4 is 5.73 Å². The minimum Gasteiger partial charge on any atom is -0.324 e. The molecule has 1 saturated carbocycles. The molecule has 0 aromatic heterocycles. The fourth-order valence-electron chi connectivity index (χ4n) is 2.77. The standard InChI is InChI=1S/C14H26N2/c1-13(2,3)12-5-9-16(10-6-12)11-14(15)7-4-8-14/h5H,4,6-11,15H2,1-3H3. The zero-order valence-electron chi connectivity index (χ0n) is 11.1. The van der Waals surface area contributed by atoms with Crippen molar-refractivity contribution >= 4 is 0 Å². The molecule has 16 heavy (non-hydrogen) atoms. The van der Waals surface area contributed by atoms with Crippen molar-refractivity contribution in [3.63, 3.8) is 0 Å². The molecule has 0 saturated heterocycles. The van der Waals surface area contributed by atoms with E-state index in [2.05, 4.69) is 31.7 Å². The third kappa shape index (κ3) is 2.67. The predicted molar refractivity (Wildman–Crippen MR) is 69.4 cm³/mol. The van der Waals surface area contributed by atoms with E-state index in [0.29, 0.717) is 5.41 Å². The lowest BCUT2D eigenvalue weighted by Gasteiger charge is -2.43.